The van der Waals surface area contributed by atoms with Gasteiger partial charge in [0.25, 0.3) is 0 Å². The molecular weight excluding hydrogens is 204 g/mol. The van der Waals surface area contributed by atoms with Crippen molar-refractivity contribution in [1.29, 1.82) is 0 Å². The number of aliphatic hydroxyl groups excluding tert-OH is 1. The minimum Gasteiger partial charge on any atom is -0.504 e. The molecule has 0 amide bonds. The second-order valence-corrected chi connectivity index (χ2v) is 3.54. The van der Waals surface area contributed by atoms with E-state index in [2.05, 4.69) is 0 Å². The van der Waals surface area contributed by atoms with Gasteiger partial charge in [-0.05, 0) is 19.9 Å². The van der Waals surface area contributed by atoms with E-state index < -0.39 is 6.10 Å². The number of rotatable bonds is 2. The Morgan fingerprint density at radius 3 is 2.50 bits per heavy atom. The molecule has 1 rings (SSSR count). The van der Waals surface area contributed by atoms with Gasteiger partial charge in [-0.15, -0.1) is 0 Å². The Morgan fingerprint density at radius 2 is 2.07 bits per heavy atom. The fraction of sp³-hybridized carbons (Fsp3) is 0.400. The van der Waals surface area contributed by atoms with Crippen LogP contribution in [-0.2, 0) is 0 Å². The number of hydrogen-bond donors (Lipinski definition) is 2. The third kappa shape index (κ3) is 1.79. The Labute approximate surface area is 87.9 Å². The van der Waals surface area contributed by atoms with Crippen molar-refractivity contribution in [3.63, 3.8) is 0 Å². The number of phenolic OH excluding ortho intramolecular Hbond substituents is 1. The second-order valence-electron chi connectivity index (χ2n) is 3.13. The highest BCUT2D eigenvalue weighted by Crippen LogP contribution is 2.40. The van der Waals surface area contributed by atoms with E-state index >= 15 is 0 Å². The molecule has 1 aromatic rings. The van der Waals surface area contributed by atoms with Crippen molar-refractivity contribution in [1.82, 2.24) is 0 Å². The van der Waals surface area contributed by atoms with E-state index in [9.17, 15) is 10.2 Å². The fourth-order valence-electron chi connectivity index (χ4n) is 1.30. The maximum atomic E-state index is 9.72. The molecule has 14 heavy (non-hydrogen) atoms. The molecule has 1 aromatic carbocycles. The van der Waals surface area contributed by atoms with E-state index in [1.807, 2.05) is 0 Å². The van der Waals surface area contributed by atoms with Gasteiger partial charge in [-0.25, -0.2) is 0 Å². The van der Waals surface area contributed by atoms with Crippen LogP contribution in [0.3, 0.4) is 0 Å². The Morgan fingerprint density at radius 1 is 1.50 bits per heavy atom. The summed E-state index contributed by atoms with van der Waals surface area (Å²) in [6, 6.07) is 1.54. The molecule has 0 fully saturated rings. The highest BCUT2D eigenvalue weighted by atomic mass is 35.5. The SMILES string of the molecule is COc1c(C)c(Cl)cc(C(C)O)c1O. The smallest absolute Gasteiger partial charge is 0.165 e. The Kier molecular flexibility index (Phi) is 3.24. The molecule has 2 N–H and O–H groups in total. The van der Waals surface area contributed by atoms with Gasteiger partial charge in [-0.3, -0.25) is 0 Å². The van der Waals surface area contributed by atoms with Crippen LogP contribution in [0.25, 0.3) is 0 Å². The van der Waals surface area contributed by atoms with Crippen molar-refractivity contribution >= 4 is 11.6 Å². The summed E-state index contributed by atoms with van der Waals surface area (Å²) in [5, 5.41) is 19.6. The van der Waals surface area contributed by atoms with Gasteiger partial charge in [-0.2, -0.15) is 0 Å². The van der Waals surface area contributed by atoms with Crippen LogP contribution >= 0.6 is 11.6 Å². The molecule has 0 radical (unpaired) electrons. The highest BCUT2D eigenvalue weighted by molar-refractivity contribution is 6.31. The Balaban J connectivity index is 3.42. The minimum atomic E-state index is -0.776. The molecule has 3 nitrogen and oxygen atoms in total. The molecule has 0 aliphatic rings. The third-order valence-electron chi connectivity index (χ3n) is 2.12. The van der Waals surface area contributed by atoms with Crippen LogP contribution in [0.15, 0.2) is 6.07 Å². The van der Waals surface area contributed by atoms with Crippen LogP contribution in [0.1, 0.15) is 24.2 Å². The first-order chi connectivity index (χ1) is 6.49. The Hall–Kier alpha value is -0.930. The number of halogens is 1. The number of benzene rings is 1. The van der Waals surface area contributed by atoms with Crippen molar-refractivity contribution in [2.24, 2.45) is 0 Å². The lowest BCUT2D eigenvalue weighted by Gasteiger charge is -2.14. The first-order valence-electron chi connectivity index (χ1n) is 4.23. The van der Waals surface area contributed by atoms with E-state index in [-0.39, 0.29) is 5.75 Å². The van der Waals surface area contributed by atoms with E-state index in [1.54, 1.807) is 19.9 Å². The van der Waals surface area contributed by atoms with Crippen LogP contribution in [0.4, 0.5) is 0 Å². The fourth-order valence-corrected chi connectivity index (χ4v) is 1.50. The summed E-state index contributed by atoms with van der Waals surface area (Å²) in [4.78, 5) is 0. The van der Waals surface area contributed by atoms with Gasteiger partial charge in [-0.1, -0.05) is 11.6 Å². The molecule has 4 heteroatoms. The van der Waals surface area contributed by atoms with Gasteiger partial charge in [0, 0.05) is 16.1 Å². The summed E-state index contributed by atoms with van der Waals surface area (Å²) in [5.74, 6) is 0.262. The zero-order valence-electron chi connectivity index (χ0n) is 8.34. The van der Waals surface area contributed by atoms with Crippen molar-refractivity contribution < 1.29 is 14.9 Å². The van der Waals surface area contributed by atoms with E-state index in [0.717, 1.165) is 0 Å². The number of aromatic hydroxyl groups is 1. The van der Waals surface area contributed by atoms with Crippen LogP contribution < -0.4 is 4.74 Å². The average Bonchev–Trinajstić information content (AvgIpc) is 2.12. The molecule has 78 valence electrons. The predicted octanol–water partition coefficient (Wildman–Crippen LogP) is 2.42. The number of hydrogen-bond acceptors (Lipinski definition) is 3. The van der Waals surface area contributed by atoms with Crippen LogP contribution in [0, 0.1) is 6.92 Å². The molecule has 0 bridgehead atoms. The topological polar surface area (TPSA) is 49.7 Å². The Bertz CT molecular complexity index is 348. The van der Waals surface area contributed by atoms with Gasteiger partial charge in [0.15, 0.2) is 11.5 Å². The molecule has 0 aliphatic heterocycles. The van der Waals surface area contributed by atoms with E-state index in [4.69, 9.17) is 16.3 Å². The van der Waals surface area contributed by atoms with Crippen molar-refractivity contribution in [3.05, 3.63) is 22.2 Å². The lowest BCUT2D eigenvalue weighted by Crippen LogP contribution is -1.97. The van der Waals surface area contributed by atoms with Crippen LogP contribution in [-0.4, -0.2) is 17.3 Å². The van der Waals surface area contributed by atoms with E-state index in [0.29, 0.717) is 21.9 Å². The maximum Gasteiger partial charge on any atom is 0.165 e. The molecule has 0 saturated carbocycles. The minimum absolute atomic E-state index is 0.0515. The molecular formula is C10H13ClO3. The maximum absolute atomic E-state index is 9.72. The number of ether oxygens (including phenoxy) is 1. The molecule has 0 spiro atoms. The van der Waals surface area contributed by atoms with Gasteiger partial charge in [0.05, 0.1) is 13.2 Å². The second kappa shape index (κ2) is 4.07. The van der Waals surface area contributed by atoms with Gasteiger partial charge >= 0.3 is 0 Å². The largest absolute Gasteiger partial charge is 0.504 e. The predicted molar refractivity (Wildman–Crippen MR) is 55.0 cm³/mol. The van der Waals surface area contributed by atoms with Gasteiger partial charge < -0.3 is 14.9 Å². The summed E-state index contributed by atoms with van der Waals surface area (Å²) in [6.07, 6.45) is -0.776. The average molecular weight is 217 g/mol. The zero-order valence-corrected chi connectivity index (χ0v) is 9.09. The molecule has 0 heterocycles. The first kappa shape index (κ1) is 11.1. The quantitative estimate of drug-likeness (QED) is 0.798. The lowest BCUT2D eigenvalue weighted by atomic mass is 10.1. The zero-order chi connectivity index (χ0) is 10.9. The van der Waals surface area contributed by atoms with Gasteiger partial charge in [0.1, 0.15) is 0 Å². The summed E-state index contributed by atoms with van der Waals surface area (Å²) < 4.78 is 5.00. The molecule has 1 atom stereocenters. The number of phenols is 1. The van der Waals surface area contributed by atoms with Crippen molar-refractivity contribution in [2.45, 2.75) is 20.0 Å². The summed E-state index contributed by atoms with van der Waals surface area (Å²) >= 11 is 5.91. The summed E-state index contributed by atoms with van der Waals surface area (Å²) in [5.41, 5.74) is 1.04. The third-order valence-corrected chi connectivity index (χ3v) is 2.52. The molecule has 0 aromatic heterocycles. The lowest BCUT2D eigenvalue weighted by molar-refractivity contribution is 0.193. The molecule has 1 unspecified atom stereocenters. The first-order valence-corrected chi connectivity index (χ1v) is 4.60. The van der Waals surface area contributed by atoms with Crippen molar-refractivity contribution in [2.75, 3.05) is 7.11 Å². The van der Waals surface area contributed by atoms with Crippen LogP contribution in [0.5, 0.6) is 11.5 Å². The van der Waals surface area contributed by atoms with Crippen LogP contribution in [0.2, 0.25) is 5.02 Å². The molecule has 0 aliphatic carbocycles. The van der Waals surface area contributed by atoms with Crippen molar-refractivity contribution in [3.8, 4) is 11.5 Å². The standard InChI is InChI=1S/C10H13ClO3/c1-5-8(11)4-7(6(2)12)9(13)10(5)14-3/h4,6,12-13H,1-3H3. The van der Waals surface area contributed by atoms with Gasteiger partial charge in [0.2, 0.25) is 0 Å². The monoisotopic (exact) mass is 216 g/mol. The van der Waals surface area contributed by atoms with E-state index in [1.165, 1.54) is 7.11 Å². The number of methoxy groups -OCH3 is 1. The number of aliphatic hydroxyl groups is 1. The molecule has 0 saturated heterocycles. The normalized spacial score (nSPS) is 12.6. The summed E-state index contributed by atoms with van der Waals surface area (Å²) in [6.45, 7) is 3.30. The highest BCUT2D eigenvalue weighted by Gasteiger charge is 2.17. The summed E-state index contributed by atoms with van der Waals surface area (Å²) in [7, 11) is 1.45.